The molecular formula is C15H15ClN2O3S. The Morgan fingerprint density at radius 1 is 1.05 bits per heavy atom. The van der Waals surface area contributed by atoms with E-state index in [1.807, 2.05) is 0 Å². The molecule has 0 heterocycles. The molecule has 5 nitrogen and oxygen atoms in total. The minimum absolute atomic E-state index is 0.0681. The Balaban J connectivity index is 2.02. The van der Waals surface area contributed by atoms with Gasteiger partial charge in [0, 0.05) is 22.7 Å². The second kappa shape index (κ2) is 6.81. The highest BCUT2D eigenvalue weighted by Gasteiger charge is 2.07. The van der Waals surface area contributed by atoms with Crippen LogP contribution in [0.3, 0.4) is 0 Å². The Morgan fingerprint density at radius 3 is 2.32 bits per heavy atom. The SMILES string of the molecule is CS(=O)(=O)Cc1cccc(NC(=O)Nc2ccc(Cl)cc2)c1. The molecule has 116 valence electrons. The van der Waals surface area contributed by atoms with Crippen molar-refractivity contribution in [3.8, 4) is 0 Å². The summed E-state index contributed by atoms with van der Waals surface area (Å²) in [6.07, 6.45) is 1.17. The number of benzene rings is 2. The predicted molar refractivity (Wildman–Crippen MR) is 89.1 cm³/mol. The van der Waals surface area contributed by atoms with Gasteiger partial charge in [-0.1, -0.05) is 23.7 Å². The minimum Gasteiger partial charge on any atom is -0.308 e. The van der Waals surface area contributed by atoms with Gasteiger partial charge in [-0.2, -0.15) is 0 Å². The maximum atomic E-state index is 11.9. The Kier molecular flexibility index (Phi) is 5.05. The molecule has 0 atom stereocenters. The van der Waals surface area contributed by atoms with E-state index in [1.165, 1.54) is 6.26 Å². The summed E-state index contributed by atoms with van der Waals surface area (Å²) in [7, 11) is -3.12. The fraction of sp³-hybridized carbons (Fsp3) is 0.133. The summed E-state index contributed by atoms with van der Waals surface area (Å²) in [6.45, 7) is 0. The van der Waals surface area contributed by atoms with Crippen molar-refractivity contribution in [2.24, 2.45) is 0 Å². The van der Waals surface area contributed by atoms with Crippen molar-refractivity contribution in [2.45, 2.75) is 5.75 Å². The highest BCUT2D eigenvalue weighted by atomic mass is 35.5. The average Bonchev–Trinajstić information content (AvgIpc) is 2.40. The van der Waals surface area contributed by atoms with Gasteiger partial charge in [-0.15, -0.1) is 0 Å². The molecule has 0 radical (unpaired) electrons. The van der Waals surface area contributed by atoms with Gasteiger partial charge in [-0.25, -0.2) is 13.2 Å². The molecule has 0 saturated heterocycles. The molecule has 2 aromatic carbocycles. The van der Waals surface area contributed by atoms with Gasteiger partial charge in [0.05, 0.1) is 5.75 Å². The van der Waals surface area contributed by atoms with Crippen LogP contribution in [0.2, 0.25) is 5.02 Å². The normalized spacial score (nSPS) is 11.0. The second-order valence-electron chi connectivity index (χ2n) is 4.86. The summed E-state index contributed by atoms with van der Waals surface area (Å²) >= 11 is 5.77. The lowest BCUT2D eigenvalue weighted by atomic mass is 10.2. The molecule has 2 amide bonds. The molecule has 2 rings (SSSR count). The summed E-state index contributed by atoms with van der Waals surface area (Å²) in [4.78, 5) is 11.9. The standard InChI is InChI=1S/C15H15ClN2O3S/c1-22(20,21)10-11-3-2-4-14(9-11)18-15(19)17-13-7-5-12(16)6-8-13/h2-9H,10H2,1H3,(H2,17,18,19). The van der Waals surface area contributed by atoms with Gasteiger partial charge in [0.25, 0.3) is 0 Å². The zero-order valence-corrected chi connectivity index (χ0v) is 13.4. The molecule has 0 bridgehead atoms. The van der Waals surface area contributed by atoms with Crippen LogP contribution in [0.15, 0.2) is 48.5 Å². The number of nitrogens with one attached hydrogen (secondary N) is 2. The highest BCUT2D eigenvalue weighted by molar-refractivity contribution is 7.89. The Morgan fingerprint density at radius 2 is 1.68 bits per heavy atom. The molecule has 2 aromatic rings. The van der Waals surface area contributed by atoms with E-state index >= 15 is 0 Å². The molecule has 2 N–H and O–H groups in total. The summed E-state index contributed by atoms with van der Waals surface area (Å²) in [5.41, 5.74) is 1.74. The third kappa shape index (κ3) is 5.38. The smallest absolute Gasteiger partial charge is 0.308 e. The molecule has 0 saturated carbocycles. The minimum atomic E-state index is -3.12. The van der Waals surface area contributed by atoms with E-state index in [2.05, 4.69) is 10.6 Å². The van der Waals surface area contributed by atoms with Gasteiger partial charge in [-0.05, 0) is 42.0 Å². The first kappa shape index (κ1) is 16.3. The monoisotopic (exact) mass is 338 g/mol. The van der Waals surface area contributed by atoms with Crippen molar-refractivity contribution in [1.29, 1.82) is 0 Å². The predicted octanol–water partition coefficient (Wildman–Crippen LogP) is 3.53. The molecule has 7 heteroatoms. The van der Waals surface area contributed by atoms with Crippen molar-refractivity contribution >= 4 is 38.8 Å². The fourth-order valence-electron chi connectivity index (χ4n) is 1.87. The second-order valence-corrected chi connectivity index (χ2v) is 7.43. The fourth-order valence-corrected chi connectivity index (χ4v) is 2.78. The topological polar surface area (TPSA) is 75.3 Å². The quantitative estimate of drug-likeness (QED) is 0.895. The number of carbonyl (C=O) groups excluding carboxylic acids is 1. The summed E-state index contributed by atoms with van der Waals surface area (Å²) in [5.74, 6) is -0.0681. The number of rotatable bonds is 4. The first-order chi connectivity index (χ1) is 10.3. The average molecular weight is 339 g/mol. The zero-order valence-electron chi connectivity index (χ0n) is 11.8. The van der Waals surface area contributed by atoms with Crippen LogP contribution < -0.4 is 10.6 Å². The largest absolute Gasteiger partial charge is 0.323 e. The zero-order chi connectivity index (χ0) is 16.2. The number of hydrogen-bond donors (Lipinski definition) is 2. The van der Waals surface area contributed by atoms with E-state index in [0.29, 0.717) is 22.0 Å². The number of hydrogen-bond acceptors (Lipinski definition) is 3. The van der Waals surface area contributed by atoms with Crippen molar-refractivity contribution in [3.63, 3.8) is 0 Å². The third-order valence-electron chi connectivity index (χ3n) is 2.72. The van der Waals surface area contributed by atoms with Crippen molar-refractivity contribution in [3.05, 3.63) is 59.1 Å². The number of amides is 2. The first-order valence-electron chi connectivity index (χ1n) is 6.42. The Bertz CT molecular complexity index is 774. The first-order valence-corrected chi connectivity index (χ1v) is 8.86. The lowest BCUT2D eigenvalue weighted by Gasteiger charge is -2.09. The molecule has 0 aliphatic carbocycles. The molecule has 0 aromatic heterocycles. The lowest BCUT2D eigenvalue weighted by molar-refractivity contribution is 0.262. The van der Waals surface area contributed by atoms with Crippen molar-refractivity contribution in [1.82, 2.24) is 0 Å². The van der Waals surface area contributed by atoms with Crippen molar-refractivity contribution < 1.29 is 13.2 Å². The van der Waals surface area contributed by atoms with E-state index < -0.39 is 15.9 Å². The van der Waals surface area contributed by atoms with Gasteiger partial charge >= 0.3 is 6.03 Å². The molecule has 0 aliphatic heterocycles. The summed E-state index contributed by atoms with van der Waals surface area (Å²) < 4.78 is 22.6. The molecule has 0 aliphatic rings. The molecular weight excluding hydrogens is 324 g/mol. The van der Waals surface area contributed by atoms with Gasteiger partial charge in [-0.3, -0.25) is 0 Å². The van der Waals surface area contributed by atoms with E-state index in [4.69, 9.17) is 11.6 Å². The van der Waals surface area contributed by atoms with Gasteiger partial charge in [0.1, 0.15) is 0 Å². The van der Waals surface area contributed by atoms with E-state index in [1.54, 1.807) is 48.5 Å². The molecule has 0 spiro atoms. The van der Waals surface area contributed by atoms with E-state index in [-0.39, 0.29) is 5.75 Å². The maximum absolute atomic E-state index is 11.9. The van der Waals surface area contributed by atoms with Gasteiger partial charge < -0.3 is 10.6 Å². The Hall–Kier alpha value is -2.05. The van der Waals surface area contributed by atoms with Crippen LogP contribution in [0.4, 0.5) is 16.2 Å². The van der Waals surface area contributed by atoms with E-state index in [0.717, 1.165) is 0 Å². The van der Waals surface area contributed by atoms with Gasteiger partial charge in [0.2, 0.25) is 0 Å². The number of carbonyl (C=O) groups is 1. The summed E-state index contributed by atoms with van der Waals surface area (Å²) in [5, 5.41) is 5.89. The van der Waals surface area contributed by atoms with Crippen LogP contribution in [-0.4, -0.2) is 20.7 Å². The van der Waals surface area contributed by atoms with Crippen LogP contribution in [0.1, 0.15) is 5.56 Å². The molecule has 0 fully saturated rings. The third-order valence-corrected chi connectivity index (χ3v) is 3.83. The Labute approximate surface area is 134 Å². The van der Waals surface area contributed by atoms with Crippen LogP contribution >= 0.6 is 11.6 Å². The number of urea groups is 1. The number of anilines is 2. The number of sulfone groups is 1. The van der Waals surface area contributed by atoms with Crippen LogP contribution in [0.5, 0.6) is 0 Å². The van der Waals surface area contributed by atoms with Crippen LogP contribution in [0.25, 0.3) is 0 Å². The van der Waals surface area contributed by atoms with Crippen LogP contribution in [-0.2, 0) is 15.6 Å². The molecule has 22 heavy (non-hydrogen) atoms. The maximum Gasteiger partial charge on any atom is 0.323 e. The lowest BCUT2D eigenvalue weighted by Crippen LogP contribution is -2.19. The van der Waals surface area contributed by atoms with E-state index in [9.17, 15) is 13.2 Å². The summed E-state index contributed by atoms with van der Waals surface area (Å²) in [6, 6.07) is 13.0. The van der Waals surface area contributed by atoms with Crippen LogP contribution in [0, 0.1) is 0 Å². The molecule has 0 unspecified atom stereocenters. The van der Waals surface area contributed by atoms with Gasteiger partial charge in [0.15, 0.2) is 9.84 Å². The highest BCUT2D eigenvalue weighted by Crippen LogP contribution is 2.15. The number of halogens is 1. The van der Waals surface area contributed by atoms with Crippen molar-refractivity contribution in [2.75, 3.05) is 16.9 Å².